The van der Waals surface area contributed by atoms with Crippen molar-refractivity contribution in [2.45, 2.75) is 25.4 Å². The maximum atomic E-state index is 11.8. The molecule has 102 valence electrons. The molecule has 0 saturated heterocycles. The Hall–Kier alpha value is -2.36. The molecule has 0 bridgehead atoms. The molecule has 0 atom stereocenters. The third-order valence-corrected chi connectivity index (χ3v) is 3.26. The fraction of sp³-hybridized carbons (Fsp3) is 0.250. The first-order chi connectivity index (χ1) is 9.81. The summed E-state index contributed by atoms with van der Waals surface area (Å²) in [6.07, 6.45) is 3.99. The summed E-state index contributed by atoms with van der Waals surface area (Å²) in [5.74, 6) is 0.0174. The fourth-order valence-corrected chi connectivity index (χ4v) is 1.93. The van der Waals surface area contributed by atoms with Crippen LogP contribution in [0.25, 0.3) is 0 Å². The minimum atomic E-state index is 0.0174. The maximum Gasteiger partial charge on any atom is 0.251 e. The Morgan fingerprint density at radius 1 is 1.15 bits per heavy atom. The van der Waals surface area contributed by atoms with Gasteiger partial charge in [-0.2, -0.15) is 0 Å². The van der Waals surface area contributed by atoms with Crippen molar-refractivity contribution in [3.63, 3.8) is 0 Å². The lowest BCUT2D eigenvalue weighted by Crippen LogP contribution is -2.25. The number of aromatic nitrogens is 1. The summed E-state index contributed by atoms with van der Waals surface area (Å²) < 4.78 is 0. The van der Waals surface area contributed by atoms with Crippen LogP contribution in [0, 0.1) is 0 Å². The van der Waals surface area contributed by atoms with E-state index in [0.717, 1.165) is 24.2 Å². The van der Waals surface area contributed by atoms with Crippen LogP contribution in [-0.2, 0) is 6.54 Å². The zero-order valence-corrected chi connectivity index (χ0v) is 11.2. The van der Waals surface area contributed by atoms with Crippen LogP contribution in [0.5, 0.6) is 0 Å². The van der Waals surface area contributed by atoms with Gasteiger partial charge in [0.1, 0.15) is 0 Å². The molecule has 1 aliphatic rings. The Morgan fingerprint density at radius 2 is 1.95 bits per heavy atom. The number of carbonyl (C=O) groups excluding carboxylic acids is 1. The number of benzene rings is 1. The van der Waals surface area contributed by atoms with Crippen molar-refractivity contribution < 1.29 is 4.79 Å². The number of pyridine rings is 1. The van der Waals surface area contributed by atoms with E-state index in [9.17, 15) is 4.79 Å². The molecule has 1 aliphatic carbocycles. The highest BCUT2D eigenvalue weighted by Crippen LogP contribution is 2.19. The molecule has 1 fully saturated rings. The minimum absolute atomic E-state index is 0.0174. The smallest absolute Gasteiger partial charge is 0.251 e. The van der Waals surface area contributed by atoms with E-state index in [-0.39, 0.29) is 5.91 Å². The molecule has 1 saturated carbocycles. The number of nitrogens with one attached hydrogen (secondary N) is 2. The number of anilines is 1. The maximum absolute atomic E-state index is 11.8. The Kier molecular flexibility index (Phi) is 3.63. The molecule has 0 spiro atoms. The molecule has 1 heterocycles. The predicted molar refractivity (Wildman–Crippen MR) is 78.5 cm³/mol. The van der Waals surface area contributed by atoms with Crippen molar-refractivity contribution in [3.8, 4) is 0 Å². The number of carbonyl (C=O) groups is 1. The van der Waals surface area contributed by atoms with Gasteiger partial charge in [0.2, 0.25) is 0 Å². The van der Waals surface area contributed by atoms with Crippen LogP contribution in [-0.4, -0.2) is 16.9 Å². The standard InChI is InChI=1S/C16H17N3O/c20-16(19-14-8-9-14)12-4-6-13(7-5-12)18-11-15-3-1-2-10-17-15/h1-7,10,14,18H,8-9,11H2,(H,19,20). The lowest BCUT2D eigenvalue weighted by atomic mass is 10.2. The first-order valence-corrected chi connectivity index (χ1v) is 6.86. The molecule has 3 rings (SSSR count). The third-order valence-electron chi connectivity index (χ3n) is 3.26. The molecule has 1 aromatic heterocycles. The number of amides is 1. The number of rotatable bonds is 5. The first-order valence-electron chi connectivity index (χ1n) is 6.86. The lowest BCUT2D eigenvalue weighted by molar-refractivity contribution is 0.0951. The lowest BCUT2D eigenvalue weighted by Gasteiger charge is -2.07. The van der Waals surface area contributed by atoms with Crippen LogP contribution < -0.4 is 10.6 Å². The van der Waals surface area contributed by atoms with Crippen molar-refractivity contribution in [1.29, 1.82) is 0 Å². The monoisotopic (exact) mass is 267 g/mol. The van der Waals surface area contributed by atoms with E-state index in [1.807, 2.05) is 42.5 Å². The van der Waals surface area contributed by atoms with Gasteiger partial charge in [-0.1, -0.05) is 6.07 Å². The van der Waals surface area contributed by atoms with Gasteiger partial charge in [0.15, 0.2) is 0 Å². The number of hydrogen-bond acceptors (Lipinski definition) is 3. The number of nitrogens with zero attached hydrogens (tertiary/aromatic N) is 1. The van der Waals surface area contributed by atoms with Crippen LogP contribution in [0.2, 0.25) is 0 Å². The summed E-state index contributed by atoms with van der Waals surface area (Å²) in [5, 5.41) is 6.26. The molecule has 1 amide bonds. The second-order valence-corrected chi connectivity index (χ2v) is 5.00. The fourth-order valence-electron chi connectivity index (χ4n) is 1.93. The largest absolute Gasteiger partial charge is 0.379 e. The van der Waals surface area contributed by atoms with Gasteiger partial charge in [-0.15, -0.1) is 0 Å². The van der Waals surface area contributed by atoms with Crippen LogP contribution in [0.1, 0.15) is 28.9 Å². The molecule has 2 N–H and O–H groups in total. The van der Waals surface area contributed by atoms with Crippen molar-refractivity contribution >= 4 is 11.6 Å². The van der Waals surface area contributed by atoms with Gasteiger partial charge in [0.25, 0.3) is 5.91 Å². The molecule has 0 aliphatic heterocycles. The molecule has 4 heteroatoms. The predicted octanol–water partition coefficient (Wildman–Crippen LogP) is 2.59. The van der Waals surface area contributed by atoms with Crippen LogP contribution in [0.4, 0.5) is 5.69 Å². The summed E-state index contributed by atoms with van der Waals surface area (Å²) in [5.41, 5.74) is 2.68. The molecular weight excluding hydrogens is 250 g/mol. The summed E-state index contributed by atoms with van der Waals surface area (Å²) in [6.45, 7) is 0.675. The van der Waals surface area contributed by atoms with Crippen LogP contribution in [0.3, 0.4) is 0 Å². The zero-order chi connectivity index (χ0) is 13.8. The summed E-state index contributed by atoms with van der Waals surface area (Å²) in [6, 6.07) is 13.8. The van der Waals surface area contributed by atoms with E-state index in [2.05, 4.69) is 15.6 Å². The molecule has 4 nitrogen and oxygen atoms in total. The Labute approximate surface area is 118 Å². The Morgan fingerprint density at radius 3 is 2.60 bits per heavy atom. The van der Waals surface area contributed by atoms with Crippen molar-refractivity contribution in [1.82, 2.24) is 10.3 Å². The average molecular weight is 267 g/mol. The summed E-state index contributed by atoms with van der Waals surface area (Å²) in [4.78, 5) is 16.1. The van der Waals surface area contributed by atoms with E-state index in [1.54, 1.807) is 6.20 Å². The topological polar surface area (TPSA) is 54.0 Å². The van der Waals surface area contributed by atoms with Crippen molar-refractivity contribution in [3.05, 3.63) is 59.9 Å². The molecular formula is C16H17N3O. The van der Waals surface area contributed by atoms with Gasteiger partial charge in [0.05, 0.1) is 12.2 Å². The second kappa shape index (κ2) is 5.74. The third kappa shape index (κ3) is 3.35. The van der Waals surface area contributed by atoms with E-state index in [1.165, 1.54) is 0 Å². The molecule has 0 radical (unpaired) electrons. The molecule has 1 aromatic carbocycles. The quantitative estimate of drug-likeness (QED) is 0.875. The van der Waals surface area contributed by atoms with Crippen LogP contribution in [0.15, 0.2) is 48.7 Å². The van der Waals surface area contributed by atoms with Gasteiger partial charge in [-0.05, 0) is 49.2 Å². The SMILES string of the molecule is O=C(NC1CC1)c1ccc(NCc2ccccn2)cc1. The van der Waals surface area contributed by atoms with Gasteiger partial charge in [-0.25, -0.2) is 0 Å². The van der Waals surface area contributed by atoms with E-state index < -0.39 is 0 Å². The van der Waals surface area contributed by atoms with Crippen molar-refractivity contribution in [2.24, 2.45) is 0 Å². The summed E-state index contributed by atoms with van der Waals surface area (Å²) >= 11 is 0. The normalized spacial score (nSPS) is 13.8. The average Bonchev–Trinajstić information content (AvgIpc) is 3.31. The first kappa shape index (κ1) is 12.7. The molecule has 20 heavy (non-hydrogen) atoms. The minimum Gasteiger partial charge on any atom is -0.379 e. The van der Waals surface area contributed by atoms with E-state index in [0.29, 0.717) is 18.2 Å². The highest BCUT2D eigenvalue weighted by Gasteiger charge is 2.23. The highest BCUT2D eigenvalue weighted by atomic mass is 16.1. The van der Waals surface area contributed by atoms with Gasteiger partial charge in [-0.3, -0.25) is 9.78 Å². The van der Waals surface area contributed by atoms with Gasteiger partial charge in [0, 0.05) is 23.5 Å². The Balaban J connectivity index is 1.56. The summed E-state index contributed by atoms with van der Waals surface area (Å²) in [7, 11) is 0. The molecule has 0 unspecified atom stereocenters. The van der Waals surface area contributed by atoms with Crippen molar-refractivity contribution in [2.75, 3.05) is 5.32 Å². The second-order valence-electron chi connectivity index (χ2n) is 5.00. The molecule has 2 aromatic rings. The van der Waals surface area contributed by atoms with Crippen LogP contribution >= 0.6 is 0 Å². The zero-order valence-electron chi connectivity index (χ0n) is 11.2. The van der Waals surface area contributed by atoms with Gasteiger partial charge < -0.3 is 10.6 Å². The number of hydrogen-bond donors (Lipinski definition) is 2. The van der Waals surface area contributed by atoms with E-state index in [4.69, 9.17) is 0 Å². The highest BCUT2D eigenvalue weighted by molar-refractivity contribution is 5.94. The Bertz CT molecular complexity index is 576. The van der Waals surface area contributed by atoms with Gasteiger partial charge >= 0.3 is 0 Å². The van der Waals surface area contributed by atoms with E-state index >= 15 is 0 Å².